The Morgan fingerprint density at radius 2 is 1.73 bits per heavy atom. The summed E-state index contributed by atoms with van der Waals surface area (Å²) >= 11 is 0. The summed E-state index contributed by atoms with van der Waals surface area (Å²) in [4.78, 5) is 29.7. The lowest BCUT2D eigenvalue weighted by molar-refractivity contribution is -0.137. The van der Waals surface area contributed by atoms with E-state index in [1.807, 2.05) is 6.07 Å². The van der Waals surface area contributed by atoms with Crippen LogP contribution in [0.4, 0.5) is 13.2 Å². The molecule has 0 unspecified atom stereocenters. The average Bonchev–Trinajstić information content (AvgIpc) is 2.84. The normalized spacial score (nSPS) is 15.1. The molecule has 4 aromatic rings. The van der Waals surface area contributed by atoms with Crippen LogP contribution >= 0.6 is 0 Å². The van der Waals surface area contributed by atoms with Crippen molar-refractivity contribution in [1.82, 2.24) is 25.3 Å². The molecule has 1 fully saturated rings. The minimum absolute atomic E-state index is 0.139. The van der Waals surface area contributed by atoms with Crippen LogP contribution in [-0.4, -0.2) is 33.0 Å². The molecule has 0 saturated carbocycles. The predicted octanol–water partition coefficient (Wildman–Crippen LogP) is 4.53. The van der Waals surface area contributed by atoms with E-state index in [9.17, 15) is 18.0 Å². The van der Waals surface area contributed by atoms with Crippen molar-refractivity contribution in [1.29, 1.82) is 0 Å². The van der Waals surface area contributed by atoms with Gasteiger partial charge in [0.1, 0.15) is 11.3 Å². The molecular weight excluding hydrogens is 431 g/mol. The van der Waals surface area contributed by atoms with E-state index in [1.54, 1.807) is 24.5 Å². The Morgan fingerprint density at radius 3 is 2.39 bits per heavy atom. The van der Waals surface area contributed by atoms with Gasteiger partial charge < -0.3 is 10.3 Å². The first-order chi connectivity index (χ1) is 15.9. The van der Waals surface area contributed by atoms with Gasteiger partial charge in [-0.1, -0.05) is 12.1 Å². The molecule has 4 heterocycles. The molecule has 9 heteroatoms. The maximum atomic E-state index is 13.1. The number of alkyl halides is 3. The van der Waals surface area contributed by atoms with Gasteiger partial charge in [-0.3, -0.25) is 9.78 Å². The van der Waals surface area contributed by atoms with Crippen LogP contribution in [-0.2, 0) is 6.18 Å². The number of rotatable bonds is 3. The smallest absolute Gasteiger partial charge is 0.317 e. The highest BCUT2D eigenvalue weighted by atomic mass is 19.4. The van der Waals surface area contributed by atoms with Crippen molar-refractivity contribution in [2.45, 2.75) is 24.9 Å². The first-order valence-electron chi connectivity index (χ1n) is 10.6. The Bertz CT molecular complexity index is 1350. The number of nitrogens with zero attached hydrogens (tertiary/aromatic N) is 3. The molecule has 0 bridgehead atoms. The molecule has 168 valence electrons. The summed E-state index contributed by atoms with van der Waals surface area (Å²) in [6.45, 7) is 1.71. The van der Waals surface area contributed by atoms with E-state index in [0.717, 1.165) is 38.1 Å². The van der Waals surface area contributed by atoms with Gasteiger partial charge in [0.25, 0.3) is 5.56 Å². The number of hydrogen-bond donors (Lipinski definition) is 2. The summed E-state index contributed by atoms with van der Waals surface area (Å²) in [6.07, 6.45) is 0.571. The Kier molecular flexibility index (Phi) is 5.41. The van der Waals surface area contributed by atoms with Crippen molar-refractivity contribution in [3.05, 3.63) is 76.6 Å². The number of benzene rings is 1. The molecule has 0 aliphatic carbocycles. The number of halogens is 3. The van der Waals surface area contributed by atoms with Gasteiger partial charge in [0, 0.05) is 29.4 Å². The molecule has 1 saturated heterocycles. The molecule has 3 aromatic heterocycles. The van der Waals surface area contributed by atoms with Crippen LogP contribution in [0, 0.1) is 0 Å². The first kappa shape index (κ1) is 21.3. The molecule has 0 radical (unpaired) electrons. The van der Waals surface area contributed by atoms with Crippen molar-refractivity contribution < 1.29 is 13.2 Å². The molecule has 1 aliphatic heterocycles. The molecule has 0 atom stereocenters. The quantitative estimate of drug-likeness (QED) is 0.478. The van der Waals surface area contributed by atoms with Crippen LogP contribution < -0.4 is 10.9 Å². The summed E-state index contributed by atoms with van der Waals surface area (Å²) in [7, 11) is 0. The second kappa shape index (κ2) is 8.40. The number of H-pyrrole nitrogens is 1. The number of hydrogen-bond acceptors (Lipinski definition) is 5. The molecule has 0 spiro atoms. The number of fused-ring (bicyclic) bond motifs is 1. The molecular formula is C24H20F3N5O. The highest BCUT2D eigenvalue weighted by molar-refractivity contribution is 5.93. The van der Waals surface area contributed by atoms with Crippen LogP contribution in [0.3, 0.4) is 0 Å². The lowest BCUT2D eigenvalue weighted by Crippen LogP contribution is -2.28. The number of pyridine rings is 2. The van der Waals surface area contributed by atoms with Gasteiger partial charge >= 0.3 is 6.18 Å². The maximum Gasteiger partial charge on any atom is 0.416 e. The zero-order valence-corrected chi connectivity index (χ0v) is 17.5. The van der Waals surface area contributed by atoms with Crippen molar-refractivity contribution >= 4 is 10.9 Å². The number of nitrogens with one attached hydrogen (secondary N) is 2. The van der Waals surface area contributed by atoms with Gasteiger partial charge in [-0.25, -0.2) is 9.97 Å². The van der Waals surface area contributed by atoms with Crippen LogP contribution in [0.1, 0.15) is 30.1 Å². The Hall–Kier alpha value is -3.59. The molecule has 1 aromatic carbocycles. The summed E-state index contributed by atoms with van der Waals surface area (Å²) in [5.41, 5.74) is 1.41. The zero-order chi connectivity index (χ0) is 23.0. The summed E-state index contributed by atoms with van der Waals surface area (Å²) in [5.74, 6) is 0.767. The standard InChI is InChI=1S/C24H20F3N5O/c25-24(26,27)17-5-3-14(4-6-17)19-12-18-21(20(30-19)16-2-1-9-29-13-16)31-22(32-23(18)33)15-7-10-28-11-8-15/h1-6,9,12-13,15,28H,7-8,10-11H2,(H,31,32,33). The topological polar surface area (TPSA) is 83.6 Å². The summed E-state index contributed by atoms with van der Waals surface area (Å²) in [5, 5.41) is 3.63. The molecule has 6 nitrogen and oxygen atoms in total. The number of aromatic amines is 1. The Balaban J connectivity index is 1.70. The van der Waals surface area contributed by atoms with Gasteiger partial charge in [0.2, 0.25) is 0 Å². The SMILES string of the molecule is O=c1[nH]c(C2CCNCC2)nc2c(-c3cccnc3)nc(-c3ccc(C(F)(F)F)cc3)cc12. The highest BCUT2D eigenvalue weighted by Gasteiger charge is 2.30. The van der Waals surface area contributed by atoms with Crippen molar-refractivity contribution in [2.75, 3.05) is 13.1 Å². The number of aromatic nitrogens is 4. The van der Waals surface area contributed by atoms with E-state index < -0.39 is 11.7 Å². The number of piperidine rings is 1. The van der Waals surface area contributed by atoms with E-state index in [-0.39, 0.29) is 11.5 Å². The third kappa shape index (κ3) is 4.23. The fourth-order valence-corrected chi connectivity index (χ4v) is 4.13. The van der Waals surface area contributed by atoms with Crippen LogP contribution in [0.2, 0.25) is 0 Å². The summed E-state index contributed by atoms with van der Waals surface area (Å²) < 4.78 is 38.9. The van der Waals surface area contributed by atoms with Gasteiger partial charge in [0.15, 0.2) is 0 Å². The van der Waals surface area contributed by atoms with E-state index in [2.05, 4.69) is 15.3 Å². The average molecular weight is 451 g/mol. The minimum atomic E-state index is -4.43. The third-order valence-corrected chi connectivity index (χ3v) is 5.88. The molecule has 5 rings (SSSR count). The van der Waals surface area contributed by atoms with Gasteiger partial charge in [-0.2, -0.15) is 13.2 Å². The monoisotopic (exact) mass is 451 g/mol. The van der Waals surface area contributed by atoms with E-state index >= 15 is 0 Å². The zero-order valence-electron chi connectivity index (χ0n) is 17.5. The second-order valence-electron chi connectivity index (χ2n) is 8.04. The van der Waals surface area contributed by atoms with E-state index in [0.29, 0.717) is 39.2 Å². The lowest BCUT2D eigenvalue weighted by atomic mass is 9.97. The maximum absolute atomic E-state index is 13.1. The lowest BCUT2D eigenvalue weighted by Gasteiger charge is -2.22. The van der Waals surface area contributed by atoms with Crippen LogP contribution in [0.15, 0.2) is 59.7 Å². The van der Waals surface area contributed by atoms with Gasteiger partial charge in [-0.05, 0) is 56.3 Å². The van der Waals surface area contributed by atoms with Crippen molar-refractivity contribution in [3.63, 3.8) is 0 Å². The fraction of sp³-hybridized carbons (Fsp3) is 0.250. The van der Waals surface area contributed by atoms with E-state index in [4.69, 9.17) is 9.97 Å². The van der Waals surface area contributed by atoms with Gasteiger partial charge in [-0.15, -0.1) is 0 Å². The first-order valence-corrected chi connectivity index (χ1v) is 10.6. The van der Waals surface area contributed by atoms with Crippen LogP contribution in [0.5, 0.6) is 0 Å². The van der Waals surface area contributed by atoms with Gasteiger partial charge in [0.05, 0.1) is 22.3 Å². The third-order valence-electron chi connectivity index (χ3n) is 5.88. The molecule has 0 amide bonds. The fourth-order valence-electron chi connectivity index (χ4n) is 4.13. The van der Waals surface area contributed by atoms with Crippen molar-refractivity contribution in [3.8, 4) is 22.5 Å². The largest absolute Gasteiger partial charge is 0.416 e. The Morgan fingerprint density at radius 1 is 0.970 bits per heavy atom. The summed E-state index contributed by atoms with van der Waals surface area (Å²) in [6, 6.07) is 9.88. The second-order valence-corrected chi connectivity index (χ2v) is 8.04. The molecule has 1 aliphatic rings. The Labute approximate surface area is 186 Å². The highest BCUT2D eigenvalue weighted by Crippen LogP contribution is 2.33. The van der Waals surface area contributed by atoms with Crippen molar-refractivity contribution in [2.24, 2.45) is 0 Å². The van der Waals surface area contributed by atoms with Crippen LogP contribution in [0.25, 0.3) is 33.4 Å². The van der Waals surface area contributed by atoms with E-state index in [1.165, 1.54) is 12.1 Å². The molecule has 33 heavy (non-hydrogen) atoms. The minimum Gasteiger partial charge on any atom is -0.317 e. The predicted molar refractivity (Wildman–Crippen MR) is 119 cm³/mol. The molecule has 2 N–H and O–H groups in total.